The van der Waals surface area contributed by atoms with Gasteiger partial charge in [-0.25, -0.2) is 9.97 Å². The molecule has 4 nitrogen and oxygen atoms in total. The summed E-state index contributed by atoms with van der Waals surface area (Å²) in [4.78, 5) is 11.4. The van der Waals surface area contributed by atoms with Crippen molar-refractivity contribution < 1.29 is 4.74 Å². The first-order chi connectivity index (χ1) is 10.8. The van der Waals surface area contributed by atoms with Crippen molar-refractivity contribution in [3.05, 3.63) is 23.8 Å². The predicted octanol–water partition coefficient (Wildman–Crippen LogP) is 3.51. The van der Waals surface area contributed by atoms with Gasteiger partial charge in [0.05, 0.1) is 0 Å². The van der Waals surface area contributed by atoms with Crippen molar-refractivity contribution >= 4 is 11.8 Å². The number of methoxy groups -OCH3 is 1. The van der Waals surface area contributed by atoms with Gasteiger partial charge in [0, 0.05) is 50.0 Å². The average Bonchev–Trinajstić information content (AvgIpc) is 2.57. The van der Waals surface area contributed by atoms with E-state index in [4.69, 9.17) is 4.74 Å². The van der Waals surface area contributed by atoms with Crippen LogP contribution in [0.4, 0.5) is 0 Å². The third kappa shape index (κ3) is 5.86. The smallest absolute Gasteiger partial charge is 0.153 e. The van der Waals surface area contributed by atoms with Crippen molar-refractivity contribution in [2.75, 3.05) is 25.2 Å². The highest BCUT2D eigenvalue weighted by molar-refractivity contribution is 7.99. The van der Waals surface area contributed by atoms with Gasteiger partial charge < -0.3 is 4.74 Å². The summed E-state index contributed by atoms with van der Waals surface area (Å²) in [7, 11) is 1.67. The van der Waals surface area contributed by atoms with E-state index in [1.165, 1.54) is 55.7 Å². The van der Waals surface area contributed by atoms with Gasteiger partial charge in [0.2, 0.25) is 0 Å². The zero-order valence-electron chi connectivity index (χ0n) is 14.0. The minimum atomic E-state index is 0.486. The van der Waals surface area contributed by atoms with Crippen LogP contribution in [0.3, 0.4) is 0 Å². The van der Waals surface area contributed by atoms with E-state index in [0.717, 1.165) is 18.4 Å². The first-order valence-electron chi connectivity index (χ1n) is 8.44. The first kappa shape index (κ1) is 17.7. The highest BCUT2D eigenvalue weighted by atomic mass is 32.2. The van der Waals surface area contributed by atoms with Gasteiger partial charge in [-0.15, -0.1) is 0 Å². The Kier molecular flexibility index (Phi) is 8.20. The van der Waals surface area contributed by atoms with Crippen LogP contribution in [-0.4, -0.2) is 46.1 Å². The molecule has 0 radical (unpaired) electrons. The fourth-order valence-corrected chi connectivity index (χ4v) is 3.72. The third-order valence-corrected chi connectivity index (χ3v) is 5.12. The van der Waals surface area contributed by atoms with Crippen LogP contribution in [0.15, 0.2) is 12.4 Å². The second-order valence-corrected chi connectivity index (χ2v) is 7.29. The monoisotopic (exact) mass is 323 g/mol. The van der Waals surface area contributed by atoms with E-state index in [0.29, 0.717) is 6.61 Å². The van der Waals surface area contributed by atoms with Gasteiger partial charge in [0.15, 0.2) is 5.82 Å². The molecule has 0 saturated heterocycles. The molecule has 2 rings (SSSR count). The maximum Gasteiger partial charge on any atom is 0.153 e. The molecule has 5 heteroatoms. The van der Waals surface area contributed by atoms with Crippen molar-refractivity contribution in [2.24, 2.45) is 0 Å². The van der Waals surface area contributed by atoms with Crippen LogP contribution in [0.25, 0.3) is 0 Å². The van der Waals surface area contributed by atoms with Gasteiger partial charge in [0.25, 0.3) is 0 Å². The molecule has 1 aliphatic rings. The Morgan fingerprint density at radius 3 is 2.59 bits per heavy atom. The number of thioether (sulfide) groups is 1. The molecule has 1 heterocycles. The van der Waals surface area contributed by atoms with Crippen molar-refractivity contribution in [1.29, 1.82) is 0 Å². The fourth-order valence-electron chi connectivity index (χ4n) is 3.06. The summed E-state index contributed by atoms with van der Waals surface area (Å²) < 4.78 is 5.07. The molecular weight excluding hydrogens is 294 g/mol. The molecule has 22 heavy (non-hydrogen) atoms. The summed E-state index contributed by atoms with van der Waals surface area (Å²) in [6.45, 7) is 4.86. The quantitative estimate of drug-likeness (QED) is 0.650. The lowest BCUT2D eigenvalue weighted by molar-refractivity contribution is 0.156. The zero-order valence-corrected chi connectivity index (χ0v) is 14.8. The van der Waals surface area contributed by atoms with Crippen LogP contribution in [0, 0.1) is 0 Å². The maximum absolute atomic E-state index is 5.07. The van der Waals surface area contributed by atoms with Gasteiger partial charge >= 0.3 is 0 Å². The van der Waals surface area contributed by atoms with E-state index in [1.54, 1.807) is 7.11 Å². The summed E-state index contributed by atoms with van der Waals surface area (Å²) in [5.74, 6) is 3.18. The number of aromatic nitrogens is 2. The minimum absolute atomic E-state index is 0.486. The van der Waals surface area contributed by atoms with Gasteiger partial charge in [-0.3, -0.25) is 4.90 Å². The molecule has 1 aliphatic carbocycles. The van der Waals surface area contributed by atoms with Gasteiger partial charge in [-0.1, -0.05) is 26.2 Å². The lowest BCUT2D eigenvalue weighted by Crippen LogP contribution is -2.38. The SMILES string of the molecule is CCSCCN(Cc1cnc(COC)nc1)C1CCCCC1. The van der Waals surface area contributed by atoms with Crippen LogP contribution < -0.4 is 0 Å². The van der Waals surface area contributed by atoms with Crippen molar-refractivity contribution in [3.8, 4) is 0 Å². The van der Waals surface area contributed by atoms with Crippen molar-refractivity contribution in [2.45, 2.75) is 58.2 Å². The molecule has 1 aromatic heterocycles. The van der Waals surface area contributed by atoms with E-state index < -0.39 is 0 Å². The summed E-state index contributed by atoms with van der Waals surface area (Å²) in [6, 6.07) is 0.741. The lowest BCUT2D eigenvalue weighted by Gasteiger charge is -2.34. The number of ether oxygens (including phenoxy) is 1. The Bertz CT molecular complexity index is 407. The molecule has 0 N–H and O–H groups in total. The summed E-state index contributed by atoms with van der Waals surface area (Å²) >= 11 is 2.03. The highest BCUT2D eigenvalue weighted by Crippen LogP contribution is 2.24. The zero-order chi connectivity index (χ0) is 15.6. The van der Waals surface area contributed by atoms with E-state index in [1.807, 2.05) is 24.2 Å². The molecule has 0 aliphatic heterocycles. The molecule has 0 aromatic carbocycles. The Balaban J connectivity index is 1.94. The molecule has 0 amide bonds. The number of hydrogen-bond acceptors (Lipinski definition) is 5. The molecule has 0 bridgehead atoms. The van der Waals surface area contributed by atoms with E-state index >= 15 is 0 Å². The standard InChI is InChI=1S/C17H29N3OS/c1-3-22-10-9-20(16-7-5-4-6-8-16)13-15-11-18-17(14-21-2)19-12-15/h11-12,16H,3-10,13-14H2,1-2H3. The maximum atomic E-state index is 5.07. The summed E-state index contributed by atoms with van der Waals surface area (Å²) in [5, 5.41) is 0. The van der Waals surface area contributed by atoms with Gasteiger partial charge in [-0.2, -0.15) is 11.8 Å². The van der Waals surface area contributed by atoms with E-state index in [9.17, 15) is 0 Å². The van der Waals surface area contributed by atoms with Crippen LogP contribution >= 0.6 is 11.8 Å². The average molecular weight is 324 g/mol. The Hall–Kier alpha value is -0.650. The Labute approximate surface area is 139 Å². The molecule has 124 valence electrons. The van der Waals surface area contributed by atoms with Gasteiger partial charge in [0.1, 0.15) is 6.61 Å². The molecule has 0 atom stereocenters. The molecule has 1 aromatic rings. The summed E-state index contributed by atoms with van der Waals surface area (Å²) in [6.07, 6.45) is 10.8. The fraction of sp³-hybridized carbons (Fsp3) is 0.765. The van der Waals surface area contributed by atoms with Gasteiger partial charge in [-0.05, 0) is 18.6 Å². The van der Waals surface area contributed by atoms with Crippen molar-refractivity contribution in [3.63, 3.8) is 0 Å². The van der Waals surface area contributed by atoms with Crippen molar-refractivity contribution in [1.82, 2.24) is 14.9 Å². The number of rotatable bonds is 9. The summed E-state index contributed by atoms with van der Waals surface area (Å²) in [5.41, 5.74) is 1.21. The topological polar surface area (TPSA) is 38.2 Å². The molecular formula is C17H29N3OS. The lowest BCUT2D eigenvalue weighted by atomic mass is 9.94. The number of hydrogen-bond donors (Lipinski definition) is 0. The second-order valence-electron chi connectivity index (χ2n) is 5.90. The molecule has 0 spiro atoms. The van der Waals surface area contributed by atoms with E-state index in [-0.39, 0.29) is 0 Å². The first-order valence-corrected chi connectivity index (χ1v) is 9.59. The minimum Gasteiger partial charge on any atom is -0.377 e. The Morgan fingerprint density at radius 1 is 1.23 bits per heavy atom. The van der Waals surface area contributed by atoms with Crippen LogP contribution in [-0.2, 0) is 17.9 Å². The Morgan fingerprint density at radius 2 is 1.95 bits per heavy atom. The van der Waals surface area contributed by atoms with Crippen LogP contribution in [0.1, 0.15) is 50.4 Å². The van der Waals surface area contributed by atoms with E-state index in [2.05, 4.69) is 21.8 Å². The normalized spacial score (nSPS) is 16.3. The highest BCUT2D eigenvalue weighted by Gasteiger charge is 2.21. The molecule has 1 saturated carbocycles. The van der Waals surface area contributed by atoms with Crippen LogP contribution in [0.2, 0.25) is 0 Å². The molecule has 0 unspecified atom stereocenters. The second kappa shape index (κ2) is 10.2. The third-order valence-electron chi connectivity index (χ3n) is 4.24. The molecule has 1 fully saturated rings. The largest absolute Gasteiger partial charge is 0.377 e. The number of nitrogens with zero attached hydrogens (tertiary/aromatic N) is 3. The predicted molar refractivity (Wildman–Crippen MR) is 93.0 cm³/mol. The van der Waals surface area contributed by atoms with Crippen LogP contribution in [0.5, 0.6) is 0 Å².